The molecule has 0 radical (unpaired) electrons. The molecule has 1 atom stereocenters. The van der Waals surface area contributed by atoms with Crippen molar-refractivity contribution in [2.24, 2.45) is 0 Å². The van der Waals surface area contributed by atoms with E-state index in [0.29, 0.717) is 24.5 Å². The summed E-state index contributed by atoms with van der Waals surface area (Å²) in [6.45, 7) is 4.05. The predicted molar refractivity (Wildman–Crippen MR) is 72.8 cm³/mol. The van der Waals surface area contributed by atoms with Gasteiger partial charge in [0.15, 0.2) is 0 Å². The van der Waals surface area contributed by atoms with Crippen LogP contribution in [0, 0.1) is 0 Å². The molecule has 2 heterocycles. The molecule has 1 N–H and O–H groups in total. The first kappa shape index (κ1) is 13.8. The van der Waals surface area contributed by atoms with Crippen molar-refractivity contribution < 1.29 is 9.47 Å². The fraction of sp³-hybridized carbons (Fsp3) is 0.750. The summed E-state index contributed by atoms with van der Waals surface area (Å²) in [5.41, 5.74) is 0. The SMILES string of the molecule is CCNc1nc(OCC2CCCO2)nc(N(C)C)n1. The van der Waals surface area contributed by atoms with E-state index >= 15 is 0 Å². The largest absolute Gasteiger partial charge is 0.461 e. The van der Waals surface area contributed by atoms with E-state index in [0.717, 1.165) is 26.0 Å². The zero-order valence-corrected chi connectivity index (χ0v) is 11.7. The maximum Gasteiger partial charge on any atom is 0.323 e. The summed E-state index contributed by atoms with van der Waals surface area (Å²) >= 11 is 0. The van der Waals surface area contributed by atoms with E-state index in [9.17, 15) is 0 Å². The van der Waals surface area contributed by atoms with E-state index in [-0.39, 0.29) is 6.10 Å². The van der Waals surface area contributed by atoms with Crippen molar-refractivity contribution >= 4 is 11.9 Å². The summed E-state index contributed by atoms with van der Waals surface area (Å²) in [4.78, 5) is 14.6. The van der Waals surface area contributed by atoms with Gasteiger partial charge in [0, 0.05) is 27.2 Å². The topological polar surface area (TPSA) is 72.4 Å². The van der Waals surface area contributed by atoms with E-state index in [4.69, 9.17) is 9.47 Å². The molecule has 0 spiro atoms. The summed E-state index contributed by atoms with van der Waals surface area (Å²) in [6, 6.07) is 0.338. The van der Waals surface area contributed by atoms with Crippen LogP contribution in [0.5, 0.6) is 6.01 Å². The van der Waals surface area contributed by atoms with Gasteiger partial charge in [0.2, 0.25) is 11.9 Å². The fourth-order valence-electron chi connectivity index (χ4n) is 1.79. The lowest BCUT2D eigenvalue weighted by atomic mass is 10.2. The van der Waals surface area contributed by atoms with Crippen molar-refractivity contribution in [3.05, 3.63) is 0 Å². The van der Waals surface area contributed by atoms with Crippen LogP contribution < -0.4 is 15.0 Å². The number of hydrogen-bond donors (Lipinski definition) is 1. The molecular formula is C12H21N5O2. The quantitative estimate of drug-likeness (QED) is 0.821. The van der Waals surface area contributed by atoms with Crippen LogP contribution in [0.2, 0.25) is 0 Å². The molecular weight excluding hydrogens is 246 g/mol. The third-order valence-electron chi connectivity index (χ3n) is 2.76. The summed E-state index contributed by atoms with van der Waals surface area (Å²) < 4.78 is 11.1. The van der Waals surface area contributed by atoms with E-state index in [1.54, 1.807) is 0 Å². The van der Waals surface area contributed by atoms with Crippen LogP contribution >= 0.6 is 0 Å². The molecule has 7 heteroatoms. The lowest BCUT2D eigenvalue weighted by Crippen LogP contribution is -2.20. The first-order valence-electron chi connectivity index (χ1n) is 6.60. The minimum absolute atomic E-state index is 0.155. The number of aromatic nitrogens is 3. The Bertz CT molecular complexity index is 407. The van der Waals surface area contributed by atoms with Crippen molar-refractivity contribution in [1.82, 2.24) is 15.0 Å². The lowest BCUT2D eigenvalue weighted by molar-refractivity contribution is 0.0645. The van der Waals surface area contributed by atoms with Gasteiger partial charge >= 0.3 is 6.01 Å². The Kier molecular flexibility index (Phi) is 4.73. The molecule has 0 aliphatic carbocycles. The Labute approximate surface area is 113 Å². The molecule has 19 heavy (non-hydrogen) atoms. The second-order valence-electron chi connectivity index (χ2n) is 4.61. The second-order valence-corrected chi connectivity index (χ2v) is 4.61. The number of nitrogens with one attached hydrogen (secondary N) is 1. The molecule has 0 bridgehead atoms. The standard InChI is InChI=1S/C12H21N5O2/c1-4-13-10-14-11(17(2)3)16-12(15-10)19-8-9-6-5-7-18-9/h9H,4-8H2,1-3H3,(H,13,14,15,16). The fourth-order valence-corrected chi connectivity index (χ4v) is 1.79. The zero-order valence-electron chi connectivity index (χ0n) is 11.7. The second kappa shape index (κ2) is 6.51. The first-order valence-corrected chi connectivity index (χ1v) is 6.60. The Morgan fingerprint density at radius 2 is 2.21 bits per heavy atom. The van der Waals surface area contributed by atoms with Crippen LogP contribution in [0.3, 0.4) is 0 Å². The Hall–Kier alpha value is -1.63. The number of ether oxygens (including phenoxy) is 2. The highest BCUT2D eigenvalue weighted by atomic mass is 16.5. The van der Waals surface area contributed by atoms with Crippen LogP contribution in [-0.4, -0.2) is 54.9 Å². The number of anilines is 2. The van der Waals surface area contributed by atoms with Crippen LogP contribution in [-0.2, 0) is 4.74 Å². The Balaban J connectivity index is 2.04. The average molecular weight is 267 g/mol. The van der Waals surface area contributed by atoms with Crippen molar-refractivity contribution in [3.63, 3.8) is 0 Å². The molecule has 1 aromatic heterocycles. The van der Waals surface area contributed by atoms with Gasteiger partial charge in [0.1, 0.15) is 6.61 Å². The van der Waals surface area contributed by atoms with E-state index in [1.165, 1.54) is 0 Å². The minimum Gasteiger partial charge on any atom is -0.461 e. The van der Waals surface area contributed by atoms with E-state index in [1.807, 2.05) is 25.9 Å². The van der Waals surface area contributed by atoms with Gasteiger partial charge in [-0.15, -0.1) is 0 Å². The number of nitrogens with zero attached hydrogens (tertiary/aromatic N) is 4. The van der Waals surface area contributed by atoms with Crippen molar-refractivity contribution in [2.75, 3.05) is 44.1 Å². The first-order chi connectivity index (χ1) is 9.19. The average Bonchev–Trinajstić information content (AvgIpc) is 2.89. The molecule has 1 unspecified atom stereocenters. The van der Waals surface area contributed by atoms with E-state index in [2.05, 4.69) is 20.3 Å². The summed E-state index contributed by atoms with van der Waals surface area (Å²) in [7, 11) is 3.77. The van der Waals surface area contributed by atoms with Gasteiger partial charge in [-0.05, 0) is 19.8 Å². The summed E-state index contributed by atoms with van der Waals surface area (Å²) in [5.74, 6) is 1.11. The van der Waals surface area contributed by atoms with Crippen molar-refractivity contribution in [3.8, 4) is 6.01 Å². The third kappa shape index (κ3) is 3.92. The van der Waals surface area contributed by atoms with Gasteiger partial charge in [0.05, 0.1) is 6.10 Å². The van der Waals surface area contributed by atoms with Gasteiger partial charge < -0.3 is 19.7 Å². The zero-order chi connectivity index (χ0) is 13.7. The maximum absolute atomic E-state index is 5.61. The molecule has 7 nitrogen and oxygen atoms in total. The van der Waals surface area contributed by atoms with Crippen molar-refractivity contribution in [1.29, 1.82) is 0 Å². The molecule has 106 valence electrons. The molecule has 2 rings (SSSR count). The molecule has 0 aromatic carbocycles. The monoisotopic (exact) mass is 267 g/mol. The molecule has 1 aromatic rings. The normalized spacial score (nSPS) is 18.4. The highest BCUT2D eigenvalue weighted by Crippen LogP contribution is 2.16. The number of hydrogen-bond acceptors (Lipinski definition) is 7. The van der Waals surface area contributed by atoms with Gasteiger partial charge in [-0.1, -0.05) is 0 Å². The smallest absolute Gasteiger partial charge is 0.323 e. The molecule has 1 saturated heterocycles. The van der Waals surface area contributed by atoms with E-state index < -0.39 is 0 Å². The lowest BCUT2D eigenvalue weighted by Gasteiger charge is -2.14. The molecule has 1 fully saturated rings. The number of rotatable bonds is 6. The molecule has 0 amide bonds. The van der Waals surface area contributed by atoms with Crippen LogP contribution in [0.15, 0.2) is 0 Å². The van der Waals surface area contributed by atoms with Crippen molar-refractivity contribution in [2.45, 2.75) is 25.9 Å². The maximum atomic E-state index is 5.61. The Morgan fingerprint density at radius 1 is 1.37 bits per heavy atom. The summed E-state index contributed by atoms with van der Waals surface area (Å²) in [5, 5.41) is 3.07. The summed E-state index contributed by atoms with van der Waals surface area (Å²) in [6.07, 6.45) is 2.28. The van der Waals surface area contributed by atoms with Crippen LogP contribution in [0.4, 0.5) is 11.9 Å². The minimum atomic E-state index is 0.155. The van der Waals surface area contributed by atoms with Gasteiger partial charge in [-0.3, -0.25) is 0 Å². The van der Waals surface area contributed by atoms with Gasteiger partial charge in [-0.25, -0.2) is 0 Å². The van der Waals surface area contributed by atoms with Gasteiger partial charge in [-0.2, -0.15) is 15.0 Å². The molecule has 1 aliphatic rings. The third-order valence-corrected chi connectivity index (χ3v) is 2.76. The molecule has 0 saturated carbocycles. The van der Waals surface area contributed by atoms with Gasteiger partial charge in [0.25, 0.3) is 0 Å². The highest BCUT2D eigenvalue weighted by molar-refractivity contribution is 5.36. The predicted octanol–water partition coefficient (Wildman–Crippen LogP) is 0.927. The molecule has 1 aliphatic heterocycles. The van der Waals surface area contributed by atoms with Crippen LogP contribution in [0.1, 0.15) is 19.8 Å². The highest BCUT2D eigenvalue weighted by Gasteiger charge is 2.17. The Morgan fingerprint density at radius 3 is 2.84 bits per heavy atom. The van der Waals surface area contributed by atoms with Crippen LogP contribution in [0.25, 0.3) is 0 Å².